The zero-order valence-electron chi connectivity index (χ0n) is 22.4. The van der Waals surface area contributed by atoms with E-state index in [4.69, 9.17) is 4.74 Å². The van der Waals surface area contributed by atoms with Crippen LogP contribution >= 0.6 is 0 Å². The highest BCUT2D eigenvalue weighted by Gasteiger charge is 2.30. The standard InChI is InChI=1S/C30H31N5O3/c1-6-34-28-25(30(36)33(5)26-8-7-12-31-29(26)34)17-22(18-32-28)11-13-38-27-10-9-23(14-19(27)2)24-15-20(3)35(37)21(4)16-24/h7-10,12,14-18H,6,11,13H2,1-5H3. The molecule has 8 heteroatoms. The molecule has 5 rings (SSSR count). The predicted molar refractivity (Wildman–Crippen MR) is 148 cm³/mol. The third kappa shape index (κ3) is 4.53. The summed E-state index contributed by atoms with van der Waals surface area (Å²) in [7, 11) is 1.77. The Kier molecular flexibility index (Phi) is 6.72. The molecule has 0 N–H and O–H groups in total. The molecule has 1 aromatic carbocycles. The molecular formula is C30H31N5O3. The van der Waals surface area contributed by atoms with E-state index in [1.807, 2.05) is 81.3 Å². The summed E-state index contributed by atoms with van der Waals surface area (Å²) in [5.74, 6) is 2.03. The molecule has 1 aliphatic heterocycles. The lowest BCUT2D eigenvalue weighted by Crippen LogP contribution is -2.33. The fraction of sp³-hybridized carbons (Fsp3) is 0.267. The average molecular weight is 510 g/mol. The Morgan fingerprint density at radius 3 is 2.45 bits per heavy atom. The molecule has 0 saturated carbocycles. The Morgan fingerprint density at radius 1 is 0.974 bits per heavy atom. The van der Waals surface area contributed by atoms with E-state index in [1.165, 1.54) is 0 Å². The summed E-state index contributed by atoms with van der Waals surface area (Å²) in [5, 5.41) is 12.0. The van der Waals surface area contributed by atoms with Crippen molar-refractivity contribution in [2.75, 3.05) is 30.0 Å². The van der Waals surface area contributed by atoms with E-state index in [-0.39, 0.29) is 5.91 Å². The van der Waals surface area contributed by atoms with Crippen LogP contribution in [0.3, 0.4) is 0 Å². The van der Waals surface area contributed by atoms with Crippen LogP contribution in [0.1, 0.15) is 39.8 Å². The maximum absolute atomic E-state index is 13.3. The van der Waals surface area contributed by atoms with Gasteiger partial charge in [0.1, 0.15) is 11.6 Å². The topological polar surface area (TPSA) is 85.5 Å². The first kappa shape index (κ1) is 25.2. The number of hydrogen-bond donors (Lipinski definition) is 0. The molecule has 38 heavy (non-hydrogen) atoms. The van der Waals surface area contributed by atoms with Crippen LogP contribution in [0.5, 0.6) is 5.75 Å². The minimum atomic E-state index is -0.110. The van der Waals surface area contributed by atoms with Crippen LogP contribution in [0.4, 0.5) is 17.3 Å². The van der Waals surface area contributed by atoms with Gasteiger partial charge in [0.25, 0.3) is 5.91 Å². The van der Waals surface area contributed by atoms with Gasteiger partial charge in [0, 0.05) is 58.4 Å². The van der Waals surface area contributed by atoms with Gasteiger partial charge in [-0.15, -0.1) is 0 Å². The van der Waals surface area contributed by atoms with Gasteiger partial charge >= 0.3 is 0 Å². The third-order valence-electron chi connectivity index (χ3n) is 6.94. The molecule has 4 aromatic rings. The molecule has 3 aromatic heterocycles. The number of carbonyl (C=O) groups excluding carboxylic acids is 1. The Labute approximate surface area is 222 Å². The van der Waals surface area contributed by atoms with Crippen molar-refractivity contribution < 1.29 is 14.3 Å². The predicted octanol–water partition coefficient (Wildman–Crippen LogP) is 5.07. The maximum atomic E-state index is 13.3. The molecule has 0 radical (unpaired) electrons. The number of hydrogen-bond acceptors (Lipinski definition) is 6. The number of benzene rings is 1. The van der Waals surface area contributed by atoms with E-state index < -0.39 is 0 Å². The van der Waals surface area contributed by atoms with Crippen LogP contribution in [0.25, 0.3) is 11.1 Å². The lowest BCUT2D eigenvalue weighted by atomic mass is 10.0. The molecule has 8 nitrogen and oxygen atoms in total. The van der Waals surface area contributed by atoms with Gasteiger partial charge in [0.2, 0.25) is 0 Å². The Morgan fingerprint density at radius 2 is 1.74 bits per heavy atom. The summed E-state index contributed by atoms with van der Waals surface area (Å²) in [6.45, 7) is 8.75. The summed E-state index contributed by atoms with van der Waals surface area (Å²) in [4.78, 5) is 26.2. The number of amides is 1. The van der Waals surface area contributed by atoms with E-state index in [0.717, 1.165) is 44.2 Å². The van der Waals surface area contributed by atoms with E-state index >= 15 is 0 Å². The molecule has 0 bridgehead atoms. The summed E-state index contributed by atoms with van der Waals surface area (Å²) < 4.78 is 7.05. The van der Waals surface area contributed by atoms with Crippen LogP contribution in [0, 0.1) is 26.0 Å². The number of carbonyl (C=O) groups is 1. The van der Waals surface area contributed by atoms with Gasteiger partial charge < -0.3 is 19.7 Å². The van der Waals surface area contributed by atoms with Crippen molar-refractivity contribution in [1.82, 2.24) is 9.97 Å². The summed E-state index contributed by atoms with van der Waals surface area (Å²) in [6.07, 6.45) is 4.15. The van der Waals surface area contributed by atoms with Gasteiger partial charge in [0.15, 0.2) is 17.2 Å². The first-order chi connectivity index (χ1) is 18.3. The molecule has 0 unspecified atom stereocenters. The van der Waals surface area contributed by atoms with Crippen molar-refractivity contribution in [3.05, 3.63) is 94.2 Å². The van der Waals surface area contributed by atoms with Crippen molar-refractivity contribution in [2.45, 2.75) is 34.1 Å². The number of nitrogens with zero attached hydrogens (tertiary/aromatic N) is 5. The highest BCUT2D eigenvalue weighted by atomic mass is 16.5. The van der Waals surface area contributed by atoms with Gasteiger partial charge in [-0.3, -0.25) is 4.79 Å². The molecule has 0 aliphatic carbocycles. The number of aromatic nitrogens is 3. The summed E-state index contributed by atoms with van der Waals surface area (Å²) in [5.41, 5.74) is 6.63. The van der Waals surface area contributed by atoms with Crippen molar-refractivity contribution >= 4 is 23.2 Å². The summed E-state index contributed by atoms with van der Waals surface area (Å²) in [6, 6.07) is 15.5. The Balaban J connectivity index is 1.32. The molecule has 1 aliphatic rings. The van der Waals surface area contributed by atoms with Gasteiger partial charge in [-0.1, -0.05) is 6.07 Å². The zero-order chi connectivity index (χ0) is 27.0. The molecule has 194 valence electrons. The van der Waals surface area contributed by atoms with E-state index in [9.17, 15) is 10.0 Å². The molecular weight excluding hydrogens is 478 g/mol. The van der Waals surface area contributed by atoms with E-state index in [2.05, 4.69) is 16.0 Å². The first-order valence-corrected chi connectivity index (χ1v) is 12.7. The fourth-order valence-corrected chi connectivity index (χ4v) is 4.88. The second-order valence-corrected chi connectivity index (χ2v) is 9.57. The minimum Gasteiger partial charge on any atom is -0.618 e. The molecule has 0 atom stereocenters. The van der Waals surface area contributed by atoms with Crippen LogP contribution in [-0.2, 0) is 6.42 Å². The number of ether oxygens (including phenoxy) is 1. The lowest BCUT2D eigenvalue weighted by Gasteiger charge is -2.22. The van der Waals surface area contributed by atoms with Crippen LogP contribution < -0.4 is 19.3 Å². The van der Waals surface area contributed by atoms with E-state index in [1.54, 1.807) is 18.1 Å². The Hall–Kier alpha value is -4.46. The van der Waals surface area contributed by atoms with Crippen molar-refractivity contribution in [1.29, 1.82) is 0 Å². The fourth-order valence-electron chi connectivity index (χ4n) is 4.88. The van der Waals surface area contributed by atoms with Crippen LogP contribution in [-0.4, -0.2) is 36.1 Å². The number of fused-ring (bicyclic) bond motifs is 2. The monoisotopic (exact) mass is 509 g/mol. The SMILES string of the molecule is CCN1c2ncc(CCOc3ccc(-c4cc(C)[n+]([O-])c(C)c4)cc3C)cc2C(=O)N(C)c2cccnc21. The van der Waals surface area contributed by atoms with Crippen molar-refractivity contribution in [3.8, 4) is 16.9 Å². The first-order valence-electron chi connectivity index (χ1n) is 12.7. The summed E-state index contributed by atoms with van der Waals surface area (Å²) >= 11 is 0. The smallest absolute Gasteiger partial charge is 0.261 e. The number of anilines is 3. The normalized spacial score (nSPS) is 12.7. The van der Waals surface area contributed by atoms with Gasteiger partial charge in [-0.05, 0) is 66.4 Å². The molecule has 0 saturated heterocycles. The van der Waals surface area contributed by atoms with Gasteiger partial charge in [-0.2, -0.15) is 4.73 Å². The third-order valence-corrected chi connectivity index (χ3v) is 6.94. The number of pyridine rings is 3. The number of rotatable bonds is 6. The lowest BCUT2D eigenvalue weighted by molar-refractivity contribution is -0.619. The highest BCUT2D eigenvalue weighted by molar-refractivity contribution is 6.12. The Bertz CT molecular complexity index is 1510. The van der Waals surface area contributed by atoms with Crippen molar-refractivity contribution in [3.63, 3.8) is 0 Å². The zero-order valence-corrected chi connectivity index (χ0v) is 22.4. The number of aryl methyl sites for hydroxylation is 3. The van der Waals surface area contributed by atoms with E-state index in [0.29, 0.717) is 42.3 Å². The van der Waals surface area contributed by atoms with Crippen LogP contribution in [0.2, 0.25) is 0 Å². The minimum absolute atomic E-state index is 0.110. The quantitative estimate of drug-likeness (QED) is 0.266. The van der Waals surface area contributed by atoms with Gasteiger partial charge in [-0.25, -0.2) is 9.97 Å². The molecule has 4 heterocycles. The molecule has 1 amide bonds. The largest absolute Gasteiger partial charge is 0.618 e. The van der Waals surface area contributed by atoms with Crippen LogP contribution in [0.15, 0.2) is 60.9 Å². The second kappa shape index (κ2) is 10.1. The van der Waals surface area contributed by atoms with Gasteiger partial charge in [0.05, 0.1) is 17.9 Å². The molecule has 0 spiro atoms. The molecule has 0 fully saturated rings. The highest BCUT2D eigenvalue weighted by Crippen LogP contribution is 2.37. The van der Waals surface area contributed by atoms with Crippen molar-refractivity contribution in [2.24, 2.45) is 0 Å². The average Bonchev–Trinajstić information content (AvgIpc) is 3.00. The second-order valence-electron chi connectivity index (χ2n) is 9.57. The maximum Gasteiger partial charge on any atom is 0.261 e.